The predicted octanol–water partition coefficient (Wildman–Crippen LogP) is 0.298. The number of rotatable bonds is 2. The Morgan fingerprint density at radius 1 is 1.50 bits per heavy atom. The molecular weight excluding hydrogens is 152 g/mol. The second-order valence-corrected chi connectivity index (χ2v) is 2.56. The number of nitrogens with one attached hydrogen (secondary N) is 1. The van der Waals surface area contributed by atoms with Crippen LogP contribution >= 0.6 is 0 Å². The molecule has 0 aliphatic rings. The monoisotopic (exact) mass is 162 g/mol. The Labute approximate surface area is 70.0 Å². The molecule has 62 valence electrons. The van der Waals surface area contributed by atoms with E-state index in [2.05, 4.69) is 10.4 Å². The maximum atomic E-state index is 5.22. The summed E-state index contributed by atoms with van der Waals surface area (Å²) in [5, 5.41) is 0. The topological polar surface area (TPSA) is 55.3 Å². The summed E-state index contributed by atoms with van der Waals surface area (Å²) < 4.78 is 2.00. The van der Waals surface area contributed by atoms with Gasteiger partial charge in [-0.3, -0.25) is 11.3 Å². The molecule has 4 nitrogen and oxygen atoms in total. The van der Waals surface area contributed by atoms with Gasteiger partial charge in [0.05, 0.1) is 18.4 Å². The summed E-state index contributed by atoms with van der Waals surface area (Å²) in [4.78, 5) is 4.20. The van der Waals surface area contributed by atoms with Crippen molar-refractivity contribution in [3.05, 3.63) is 36.3 Å². The number of fused-ring (bicyclic) bond motifs is 1. The summed E-state index contributed by atoms with van der Waals surface area (Å²) in [7, 11) is 0. The average Bonchev–Trinajstić information content (AvgIpc) is 2.50. The number of nitrogens with zero attached hydrogens (tertiary/aromatic N) is 2. The number of pyridine rings is 1. The maximum absolute atomic E-state index is 5.22. The van der Waals surface area contributed by atoms with Gasteiger partial charge in [0.15, 0.2) is 0 Å². The molecule has 4 heteroatoms. The molecule has 0 spiro atoms. The summed E-state index contributed by atoms with van der Waals surface area (Å²) in [5.41, 5.74) is 4.61. The van der Waals surface area contributed by atoms with Gasteiger partial charge in [0.1, 0.15) is 5.65 Å². The quantitative estimate of drug-likeness (QED) is 0.493. The van der Waals surface area contributed by atoms with Crippen LogP contribution < -0.4 is 11.3 Å². The number of hydrogen-bond donors (Lipinski definition) is 2. The van der Waals surface area contributed by atoms with E-state index in [1.54, 1.807) is 0 Å². The van der Waals surface area contributed by atoms with Gasteiger partial charge >= 0.3 is 0 Å². The average molecular weight is 162 g/mol. The zero-order chi connectivity index (χ0) is 8.39. The van der Waals surface area contributed by atoms with E-state index < -0.39 is 0 Å². The van der Waals surface area contributed by atoms with Crippen LogP contribution in [0.5, 0.6) is 0 Å². The van der Waals surface area contributed by atoms with Crippen molar-refractivity contribution in [1.29, 1.82) is 0 Å². The first-order chi connectivity index (χ1) is 5.92. The predicted molar refractivity (Wildman–Crippen MR) is 46.2 cm³/mol. The first kappa shape index (κ1) is 7.27. The third-order valence-corrected chi connectivity index (χ3v) is 1.78. The number of hydrogen-bond acceptors (Lipinski definition) is 3. The standard InChI is InChI=1S/C8H10N4/c9-11-6-7-5-10-8-3-1-2-4-12(7)8/h1-5,11H,6,9H2. The lowest BCUT2D eigenvalue weighted by Gasteiger charge is -1.98. The fourth-order valence-electron chi connectivity index (χ4n) is 1.22. The Morgan fingerprint density at radius 2 is 2.42 bits per heavy atom. The normalized spacial score (nSPS) is 10.8. The van der Waals surface area contributed by atoms with Gasteiger partial charge in [-0.15, -0.1) is 0 Å². The Bertz CT molecular complexity index is 379. The van der Waals surface area contributed by atoms with Gasteiger partial charge in [0.25, 0.3) is 0 Å². The van der Waals surface area contributed by atoms with Crippen molar-refractivity contribution >= 4 is 5.65 Å². The van der Waals surface area contributed by atoms with Crippen LogP contribution in [0, 0.1) is 0 Å². The summed E-state index contributed by atoms with van der Waals surface area (Å²) >= 11 is 0. The smallest absolute Gasteiger partial charge is 0.136 e. The lowest BCUT2D eigenvalue weighted by molar-refractivity contribution is 0.717. The molecule has 12 heavy (non-hydrogen) atoms. The minimum atomic E-state index is 0.630. The van der Waals surface area contributed by atoms with Crippen molar-refractivity contribution in [1.82, 2.24) is 14.8 Å². The minimum absolute atomic E-state index is 0.630. The lowest BCUT2D eigenvalue weighted by atomic mass is 10.4. The van der Waals surface area contributed by atoms with Crippen LogP contribution in [-0.2, 0) is 6.54 Å². The maximum Gasteiger partial charge on any atom is 0.136 e. The van der Waals surface area contributed by atoms with Gasteiger partial charge in [0.2, 0.25) is 0 Å². The van der Waals surface area contributed by atoms with E-state index >= 15 is 0 Å². The molecule has 0 saturated carbocycles. The van der Waals surface area contributed by atoms with Crippen molar-refractivity contribution < 1.29 is 0 Å². The van der Waals surface area contributed by atoms with Crippen LogP contribution in [0.25, 0.3) is 5.65 Å². The highest BCUT2D eigenvalue weighted by molar-refractivity contribution is 5.39. The molecule has 2 aromatic heterocycles. The zero-order valence-electron chi connectivity index (χ0n) is 6.57. The lowest BCUT2D eigenvalue weighted by Crippen LogP contribution is -2.21. The van der Waals surface area contributed by atoms with Gasteiger partial charge in [-0.1, -0.05) is 6.07 Å². The second-order valence-electron chi connectivity index (χ2n) is 2.56. The summed E-state index contributed by atoms with van der Waals surface area (Å²) in [6.07, 6.45) is 3.78. The summed E-state index contributed by atoms with van der Waals surface area (Å²) in [6, 6.07) is 5.89. The largest absolute Gasteiger partial charge is 0.303 e. The van der Waals surface area contributed by atoms with Crippen LogP contribution in [0.4, 0.5) is 0 Å². The fraction of sp³-hybridized carbons (Fsp3) is 0.125. The van der Waals surface area contributed by atoms with Crippen LogP contribution in [0.2, 0.25) is 0 Å². The van der Waals surface area contributed by atoms with Crippen molar-refractivity contribution in [3.8, 4) is 0 Å². The van der Waals surface area contributed by atoms with Crippen LogP contribution in [0.1, 0.15) is 5.69 Å². The summed E-state index contributed by atoms with van der Waals surface area (Å²) in [6.45, 7) is 0.630. The SMILES string of the molecule is NNCc1cnc2ccccn12. The van der Waals surface area contributed by atoms with Crippen LogP contribution in [0.15, 0.2) is 30.6 Å². The Hall–Kier alpha value is -1.39. The molecule has 0 bridgehead atoms. The molecular formula is C8H10N4. The molecule has 3 N–H and O–H groups in total. The molecule has 0 radical (unpaired) electrons. The van der Waals surface area contributed by atoms with Crippen LogP contribution in [0.3, 0.4) is 0 Å². The molecule has 0 aliphatic heterocycles. The van der Waals surface area contributed by atoms with Crippen molar-refractivity contribution in [2.24, 2.45) is 5.84 Å². The highest BCUT2D eigenvalue weighted by atomic mass is 15.2. The number of imidazole rings is 1. The van der Waals surface area contributed by atoms with Gasteiger partial charge in [-0.25, -0.2) is 4.98 Å². The van der Waals surface area contributed by atoms with Crippen molar-refractivity contribution in [2.45, 2.75) is 6.54 Å². The van der Waals surface area contributed by atoms with Crippen LogP contribution in [-0.4, -0.2) is 9.38 Å². The van der Waals surface area contributed by atoms with E-state index in [4.69, 9.17) is 5.84 Å². The van der Waals surface area contributed by atoms with E-state index in [9.17, 15) is 0 Å². The fourth-order valence-corrected chi connectivity index (χ4v) is 1.22. The summed E-state index contributed by atoms with van der Waals surface area (Å²) in [5.74, 6) is 5.22. The van der Waals surface area contributed by atoms with Gasteiger partial charge in [-0.2, -0.15) is 0 Å². The zero-order valence-corrected chi connectivity index (χ0v) is 6.57. The van der Waals surface area contributed by atoms with Gasteiger partial charge in [-0.05, 0) is 12.1 Å². The molecule has 0 unspecified atom stereocenters. The number of nitrogens with two attached hydrogens (primary N) is 1. The Morgan fingerprint density at radius 3 is 3.25 bits per heavy atom. The number of aromatic nitrogens is 2. The second kappa shape index (κ2) is 2.92. The first-order valence-electron chi connectivity index (χ1n) is 3.76. The van der Waals surface area contributed by atoms with E-state index in [0.717, 1.165) is 11.3 Å². The molecule has 0 aliphatic carbocycles. The van der Waals surface area contributed by atoms with E-state index in [1.807, 2.05) is 35.0 Å². The molecule has 2 heterocycles. The molecule has 0 aromatic carbocycles. The molecule has 0 atom stereocenters. The van der Waals surface area contributed by atoms with Crippen molar-refractivity contribution in [3.63, 3.8) is 0 Å². The highest BCUT2D eigenvalue weighted by Crippen LogP contribution is 2.04. The van der Waals surface area contributed by atoms with E-state index in [1.165, 1.54) is 0 Å². The molecule has 0 amide bonds. The third kappa shape index (κ3) is 1.07. The minimum Gasteiger partial charge on any atom is -0.303 e. The molecule has 0 saturated heterocycles. The first-order valence-corrected chi connectivity index (χ1v) is 3.76. The Balaban J connectivity index is 2.55. The Kier molecular flexibility index (Phi) is 1.77. The van der Waals surface area contributed by atoms with Gasteiger partial charge < -0.3 is 4.40 Å². The molecule has 0 fully saturated rings. The van der Waals surface area contributed by atoms with E-state index in [0.29, 0.717) is 6.54 Å². The molecule has 2 rings (SSSR count). The van der Waals surface area contributed by atoms with Gasteiger partial charge in [0, 0.05) is 6.20 Å². The van der Waals surface area contributed by atoms with E-state index in [-0.39, 0.29) is 0 Å². The molecule has 2 aromatic rings. The number of hydrazine groups is 1. The van der Waals surface area contributed by atoms with Crippen molar-refractivity contribution in [2.75, 3.05) is 0 Å². The third-order valence-electron chi connectivity index (χ3n) is 1.78. The highest BCUT2D eigenvalue weighted by Gasteiger charge is 1.99.